The number of hydrogen-bond donors (Lipinski definition) is 1. The second-order valence-electron chi connectivity index (χ2n) is 5.36. The molecular weight excluding hydrogens is 219 g/mol. The van der Waals surface area contributed by atoms with Crippen LogP contribution in [0.5, 0.6) is 0 Å². The van der Waals surface area contributed by atoms with Crippen molar-refractivity contribution in [2.24, 2.45) is 5.41 Å². The van der Waals surface area contributed by atoms with E-state index in [0.717, 1.165) is 11.3 Å². The van der Waals surface area contributed by atoms with E-state index >= 15 is 0 Å². The molecule has 0 spiro atoms. The fourth-order valence-corrected chi connectivity index (χ4v) is 1.15. The second-order valence-corrected chi connectivity index (χ2v) is 7.29. The molecular formula is C13H25PS. The predicted octanol–water partition coefficient (Wildman–Crippen LogP) is 4.84. The molecule has 0 aliphatic heterocycles. The van der Waals surface area contributed by atoms with E-state index in [0.29, 0.717) is 0 Å². The lowest BCUT2D eigenvalue weighted by Gasteiger charge is -2.23. The molecule has 0 aromatic heterocycles. The lowest BCUT2D eigenvalue weighted by Crippen LogP contribution is -2.11. The van der Waals surface area contributed by atoms with Crippen LogP contribution in [-0.2, 0) is 0 Å². The highest BCUT2D eigenvalue weighted by Gasteiger charge is 2.18. The minimum Gasteiger partial charge on any atom is -0.147 e. The van der Waals surface area contributed by atoms with Crippen molar-refractivity contribution in [2.75, 3.05) is 0 Å². The summed E-state index contributed by atoms with van der Waals surface area (Å²) in [7, 11) is 2.86. The number of allylic oxidation sites excluding steroid dienone is 4. The minimum absolute atomic E-state index is 0.168. The van der Waals surface area contributed by atoms with Gasteiger partial charge in [-0.25, -0.2) is 0 Å². The summed E-state index contributed by atoms with van der Waals surface area (Å²) in [5.74, 6) is 0. The van der Waals surface area contributed by atoms with E-state index in [1.807, 2.05) is 0 Å². The van der Waals surface area contributed by atoms with Gasteiger partial charge in [0.1, 0.15) is 0 Å². The molecule has 0 aromatic rings. The average molecular weight is 244 g/mol. The summed E-state index contributed by atoms with van der Waals surface area (Å²) >= 11 is 4.57. The van der Waals surface area contributed by atoms with Crippen molar-refractivity contribution < 1.29 is 0 Å². The van der Waals surface area contributed by atoms with Crippen molar-refractivity contribution in [3.63, 3.8) is 0 Å². The molecule has 0 saturated heterocycles. The molecule has 0 bridgehead atoms. The summed E-state index contributed by atoms with van der Waals surface area (Å²) in [4.78, 5) is 1.15. The molecule has 15 heavy (non-hydrogen) atoms. The van der Waals surface area contributed by atoms with Gasteiger partial charge in [-0.15, -0.1) is 21.9 Å². The van der Waals surface area contributed by atoms with Crippen LogP contribution < -0.4 is 0 Å². The Morgan fingerprint density at radius 1 is 1.20 bits per heavy atom. The number of thiol groups is 1. The highest BCUT2D eigenvalue weighted by Crippen LogP contribution is 2.33. The Balaban J connectivity index is 4.81. The fraction of sp³-hybridized carbons (Fsp3) is 0.692. The largest absolute Gasteiger partial charge is 0.147 e. The van der Waals surface area contributed by atoms with Crippen molar-refractivity contribution >= 4 is 21.9 Å². The zero-order valence-electron chi connectivity index (χ0n) is 10.9. The van der Waals surface area contributed by atoms with E-state index in [1.54, 1.807) is 0 Å². The summed E-state index contributed by atoms with van der Waals surface area (Å²) in [5.41, 5.74) is 1.54. The average Bonchev–Trinajstić information content (AvgIpc) is 2.11. The van der Waals surface area contributed by atoms with Gasteiger partial charge in [0, 0.05) is 5.16 Å². The van der Waals surface area contributed by atoms with E-state index in [-0.39, 0.29) is 10.6 Å². The second kappa shape index (κ2) is 5.55. The number of hydrogen-bond acceptors (Lipinski definition) is 1. The van der Waals surface area contributed by atoms with Crippen LogP contribution in [0.25, 0.3) is 0 Å². The summed E-state index contributed by atoms with van der Waals surface area (Å²) in [5, 5.41) is 0.168. The molecule has 0 fully saturated rings. The molecule has 0 saturated carbocycles. The van der Waals surface area contributed by atoms with Crippen molar-refractivity contribution in [1.82, 2.24) is 0 Å². The van der Waals surface area contributed by atoms with Crippen LogP contribution in [0.4, 0.5) is 0 Å². The normalized spacial score (nSPS) is 15.7. The Labute approximate surface area is 103 Å². The van der Waals surface area contributed by atoms with Crippen LogP contribution in [-0.4, -0.2) is 5.16 Å². The molecule has 1 atom stereocenters. The van der Waals surface area contributed by atoms with Crippen molar-refractivity contribution in [3.8, 4) is 0 Å². The minimum atomic E-state index is 0.168. The smallest absolute Gasteiger partial charge is 0.0000727 e. The third kappa shape index (κ3) is 5.22. The van der Waals surface area contributed by atoms with Gasteiger partial charge in [0.15, 0.2) is 0 Å². The van der Waals surface area contributed by atoms with Crippen molar-refractivity contribution in [1.29, 1.82) is 0 Å². The zero-order valence-corrected chi connectivity index (χ0v) is 12.9. The highest BCUT2D eigenvalue weighted by molar-refractivity contribution is 7.84. The van der Waals surface area contributed by atoms with Gasteiger partial charge < -0.3 is 0 Å². The molecule has 0 rings (SSSR count). The van der Waals surface area contributed by atoms with Crippen LogP contribution >= 0.6 is 21.9 Å². The zero-order chi connectivity index (χ0) is 12.3. The third-order valence-electron chi connectivity index (χ3n) is 3.08. The maximum Gasteiger partial charge on any atom is 0.0000727 e. The highest BCUT2D eigenvalue weighted by atomic mass is 32.1. The summed E-state index contributed by atoms with van der Waals surface area (Å²) in [6.07, 6.45) is 5.42. The van der Waals surface area contributed by atoms with E-state index in [2.05, 4.69) is 75.6 Å². The molecule has 88 valence electrons. The van der Waals surface area contributed by atoms with Gasteiger partial charge in [-0.3, -0.25) is 0 Å². The third-order valence-corrected chi connectivity index (χ3v) is 4.29. The van der Waals surface area contributed by atoms with Crippen LogP contribution in [0.3, 0.4) is 0 Å². The fourth-order valence-electron chi connectivity index (χ4n) is 0.825. The van der Waals surface area contributed by atoms with Gasteiger partial charge >= 0.3 is 0 Å². The topological polar surface area (TPSA) is 0 Å². The molecule has 2 heteroatoms. The monoisotopic (exact) mass is 244 g/mol. The Kier molecular flexibility index (Phi) is 5.64. The van der Waals surface area contributed by atoms with Crippen LogP contribution in [0.2, 0.25) is 0 Å². The maximum atomic E-state index is 4.57. The number of rotatable bonds is 4. The molecule has 0 N–H and O–H groups in total. The molecule has 0 amide bonds. The van der Waals surface area contributed by atoms with E-state index in [1.165, 1.54) is 5.57 Å². The first-order chi connectivity index (χ1) is 6.61. The van der Waals surface area contributed by atoms with Gasteiger partial charge in [0.05, 0.1) is 0 Å². The predicted molar refractivity (Wildman–Crippen MR) is 78.7 cm³/mol. The van der Waals surface area contributed by atoms with Crippen molar-refractivity contribution in [2.45, 2.75) is 53.1 Å². The van der Waals surface area contributed by atoms with Crippen molar-refractivity contribution in [3.05, 3.63) is 22.6 Å². The Morgan fingerprint density at radius 3 is 2.00 bits per heavy atom. The first kappa shape index (κ1) is 15.3. The van der Waals surface area contributed by atoms with E-state index in [9.17, 15) is 0 Å². The lowest BCUT2D eigenvalue weighted by molar-refractivity contribution is 0.454. The standard InChI is InChI=1S/C13H25PS/c1-7-12(3,4)11(15)9-8-10(2)13(5,6)14/h8-9,15H,7,14H2,1-6H3/b10-8+,11-9-. The van der Waals surface area contributed by atoms with E-state index < -0.39 is 0 Å². The van der Waals surface area contributed by atoms with Crippen LogP contribution in [0, 0.1) is 5.41 Å². The summed E-state index contributed by atoms with van der Waals surface area (Å²) < 4.78 is 0. The van der Waals surface area contributed by atoms with Crippen LogP contribution in [0.1, 0.15) is 48.0 Å². The Morgan fingerprint density at radius 2 is 1.67 bits per heavy atom. The molecule has 0 aliphatic rings. The summed E-state index contributed by atoms with van der Waals surface area (Å²) in [6.45, 7) is 13.2. The first-order valence-corrected chi connectivity index (χ1v) is 6.51. The molecule has 0 aliphatic carbocycles. The molecule has 0 aromatic carbocycles. The SMILES string of the molecule is CCC(C)(C)/C(S)=C/C=C(\C)C(C)(C)P. The summed E-state index contributed by atoms with van der Waals surface area (Å²) in [6, 6.07) is 0. The van der Waals surface area contributed by atoms with Gasteiger partial charge in [-0.2, -0.15) is 0 Å². The molecule has 0 nitrogen and oxygen atoms in total. The molecule has 0 heterocycles. The quantitative estimate of drug-likeness (QED) is 0.408. The van der Waals surface area contributed by atoms with Gasteiger partial charge in [0.25, 0.3) is 0 Å². The Bertz CT molecular complexity index is 267. The Hall–Kier alpha value is 0.260. The lowest BCUT2D eigenvalue weighted by atomic mass is 9.89. The molecule has 0 radical (unpaired) electrons. The maximum absolute atomic E-state index is 4.57. The molecule has 1 unspecified atom stereocenters. The first-order valence-electron chi connectivity index (χ1n) is 5.48. The van der Waals surface area contributed by atoms with Crippen LogP contribution in [0.15, 0.2) is 22.6 Å². The van der Waals surface area contributed by atoms with Gasteiger partial charge in [-0.05, 0) is 23.7 Å². The van der Waals surface area contributed by atoms with Gasteiger partial charge in [-0.1, -0.05) is 52.3 Å². The van der Waals surface area contributed by atoms with Gasteiger partial charge in [0.2, 0.25) is 0 Å². The van der Waals surface area contributed by atoms with E-state index in [4.69, 9.17) is 0 Å².